The fourth-order valence-corrected chi connectivity index (χ4v) is 6.13. The number of unbranched alkanes of at least 4 members (excludes halogenated alkanes) is 15. The summed E-state index contributed by atoms with van der Waals surface area (Å²) in [6.07, 6.45) is 70.0. The summed E-state index contributed by atoms with van der Waals surface area (Å²) in [5.74, 6) is -0.991. The van der Waals surface area contributed by atoms with Crippen molar-refractivity contribution in [2.24, 2.45) is 0 Å². The number of carbonyl (C=O) groups excluding carboxylic acids is 3. The van der Waals surface area contributed by atoms with Gasteiger partial charge in [0.05, 0.1) is 0 Å². The van der Waals surface area contributed by atoms with Gasteiger partial charge in [-0.1, -0.05) is 212 Å². The Kier molecular flexibility index (Phi) is 46.7. The van der Waals surface area contributed by atoms with Gasteiger partial charge in [-0.05, 0) is 89.9 Å². The second-order valence-corrected chi connectivity index (χ2v) is 15.8. The van der Waals surface area contributed by atoms with E-state index in [1.165, 1.54) is 6.42 Å². The second-order valence-electron chi connectivity index (χ2n) is 15.8. The van der Waals surface area contributed by atoms with Crippen molar-refractivity contribution in [2.75, 3.05) is 13.2 Å². The van der Waals surface area contributed by atoms with E-state index in [0.29, 0.717) is 12.8 Å². The van der Waals surface area contributed by atoms with Gasteiger partial charge in [0.25, 0.3) is 0 Å². The fourth-order valence-electron chi connectivity index (χ4n) is 6.13. The van der Waals surface area contributed by atoms with E-state index in [4.69, 9.17) is 14.2 Å². The molecule has 0 spiro atoms. The number of allylic oxidation sites excluding steroid dienone is 22. The van der Waals surface area contributed by atoms with E-state index in [-0.39, 0.29) is 37.5 Å². The molecule has 0 N–H and O–H groups in total. The summed E-state index contributed by atoms with van der Waals surface area (Å²) in [4.78, 5) is 37.9. The monoisotopic (exact) mass is 869 g/mol. The largest absolute Gasteiger partial charge is 0.462 e. The predicted octanol–water partition coefficient (Wildman–Crippen LogP) is 16.3. The summed E-state index contributed by atoms with van der Waals surface area (Å²) >= 11 is 0. The molecule has 0 bridgehead atoms. The second kappa shape index (κ2) is 50.2. The molecular weight excluding hydrogens is 781 g/mol. The minimum atomic E-state index is -0.814. The first-order valence-corrected chi connectivity index (χ1v) is 24.8. The molecule has 6 nitrogen and oxygen atoms in total. The lowest BCUT2D eigenvalue weighted by molar-refractivity contribution is -0.167. The van der Waals surface area contributed by atoms with Crippen molar-refractivity contribution in [3.8, 4) is 0 Å². The smallest absolute Gasteiger partial charge is 0.306 e. The van der Waals surface area contributed by atoms with Crippen LogP contribution in [0.2, 0.25) is 0 Å². The highest BCUT2D eigenvalue weighted by atomic mass is 16.6. The van der Waals surface area contributed by atoms with E-state index < -0.39 is 6.10 Å². The molecule has 1 atom stereocenters. The lowest BCUT2D eigenvalue weighted by Crippen LogP contribution is -2.30. The summed E-state index contributed by atoms with van der Waals surface area (Å²) in [5.41, 5.74) is 0. The Morgan fingerprint density at radius 3 is 1.16 bits per heavy atom. The van der Waals surface area contributed by atoms with Gasteiger partial charge in [-0.15, -0.1) is 0 Å². The quantitative estimate of drug-likeness (QED) is 0.0200. The third-order valence-electron chi connectivity index (χ3n) is 9.79. The van der Waals surface area contributed by atoms with E-state index in [2.05, 4.69) is 112 Å². The van der Waals surface area contributed by atoms with Crippen LogP contribution < -0.4 is 0 Å². The summed E-state index contributed by atoms with van der Waals surface area (Å²) in [6.45, 7) is 6.21. The lowest BCUT2D eigenvalue weighted by atomic mass is 10.1. The van der Waals surface area contributed by atoms with Gasteiger partial charge in [0, 0.05) is 19.3 Å². The summed E-state index contributed by atoms with van der Waals surface area (Å²) < 4.78 is 16.7. The molecule has 0 fully saturated rings. The summed E-state index contributed by atoms with van der Waals surface area (Å²) in [6, 6.07) is 0. The van der Waals surface area contributed by atoms with Crippen molar-refractivity contribution in [2.45, 2.75) is 194 Å². The van der Waals surface area contributed by atoms with Crippen LogP contribution in [0.25, 0.3) is 0 Å². The van der Waals surface area contributed by atoms with E-state index >= 15 is 0 Å². The van der Waals surface area contributed by atoms with Gasteiger partial charge in [-0.2, -0.15) is 0 Å². The Hall–Kier alpha value is -4.45. The molecule has 0 aromatic carbocycles. The molecule has 0 aliphatic rings. The topological polar surface area (TPSA) is 78.9 Å². The maximum Gasteiger partial charge on any atom is 0.306 e. The molecule has 0 aromatic heterocycles. The van der Waals surface area contributed by atoms with Gasteiger partial charge < -0.3 is 14.2 Å². The Bertz CT molecular complexity index is 1420. The zero-order chi connectivity index (χ0) is 45.8. The van der Waals surface area contributed by atoms with E-state index in [0.717, 1.165) is 141 Å². The molecule has 0 aliphatic carbocycles. The number of hydrogen-bond donors (Lipinski definition) is 0. The molecule has 0 heterocycles. The van der Waals surface area contributed by atoms with E-state index in [9.17, 15) is 14.4 Å². The van der Waals surface area contributed by atoms with Crippen LogP contribution in [0.1, 0.15) is 188 Å². The van der Waals surface area contributed by atoms with Crippen LogP contribution in [0.5, 0.6) is 0 Å². The van der Waals surface area contributed by atoms with Crippen LogP contribution in [0.15, 0.2) is 134 Å². The molecule has 0 amide bonds. The Labute approximate surface area is 385 Å². The average molecular weight is 869 g/mol. The van der Waals surface area contributed by atoms with Crippen molar-refractivity contribution in [1.82, 2.24) is 0 Å². The molecular formula is C57H88O6. The van der Waals surface area contributed by atoms with Crippen molar-refractivity contribution >= 4 is 17.9 Å². The van der Waals surface area contributed by atoms with Crippen molar-refractivity contribution in [1.29, 1.82) is 0 Å². The normalized spacial score (nSPS) is 13.3. The van der Waals surface area contributed by atoms with Crippen LogP contribution >= 0.6 is 0 Å². The Morgan fingerprint density at radius 1 is 0.349 bits per heavy atom. The molecule has 352 valence electrons. The Balaban J connectivity index is 4.53. The zero-order valence-electron chi connectivity index (χ0n) is 40.0. The Morgan fingerprint density at radius 2 is 0.698 bits per heavy atom. The third kappa shape index (κ3) is 48.4. The van der Waals surface area contributed by atoms with E-state index in [1.807, 2.05) is 42.5 Å². The molecule has 1 unspecified atom stereocenters. The summed E-state index contributed by atoms with van der Waals surface area (Å²) in [7, 11) is 0. The zero-order valence-corrected chi connectivity index (χ0v) is 40.0. The molecule has 0 saturated carbocycles. The van der Waals surface area contributed by atoms with E-state index in [1.54, 1.807) is 0 Å². The van der Waals surface area contributed by atoms with Crippen LogP contribution in [0.3, 0.4) is 0 Å². The number of ether oxygens (including phenoxy) is 3. The predicted molar refractivity (Wildman–Crippen MR) is 269 cm³/mol. The van der Waals surface area contributed by atoms with Crippen LogP contribution in [-0.2, 0) is 28.6 Å². The summed E-state index contributed by atoms with van der Waals surface area (Å²) in [5, 5.41) is 0. The minimum Gasteiger partial charge on any atom is -0.462 e. The van der Waals surface area contributed by atoms with Gasteiger partial charge >= 0.3 is 17.9 Å². The lowest BCUT2D eigenvalue weighted by Gasteiger charge is -2.18. The fraction of sp³-hybridized carbons (Fsp3) is 0.561. The number of carbonyl (C=O) groups is 3. The number of hydrogen-bond acceptors (Lipinski definition) is 6. The number of esters is 3. The SMILES string of the molecule is CC\C=C/C=C\C=C/CCCCCCCC(=O)OCC(COC(=O)CCCCCCC\C=C/C=C\C=C/C=C\C=C/CCC)OC(=O)CCCCCC/C=C\C/C=C\C/C=C\CC. The van der Waals surface area contributed by atoms with Crippen LogP contribution in [0.4, 0.5) is 0 Å². The van der Waals surface area contributed by atoms with Crippen molar-refractivity contribution < 1.29 is 28.6 Å². The van der Waals surface area contributed by atoms with Crippen LogP contribution in [-0.4, -0.2) is 37.2 Å². The first-order valence-electron chi connectivity index (χ1n) is 24.8. The first kappa shape index (κ1) is 58.6. The van der Waals surface area contributed by atoms with Gasteiger partial charge in [0.2, 0.25) is 0 Å². The molecule has 0 saturated heterocycles. The number of rotatable bonds is 42. The standard InChI is InChI=1S/C57H88O6/c1-4-7-10-13-16-19-22-25-27-28-29-30-33-35-38-41-44-47-50-56(59)62-53-54(52-61-55(58)49-46-43-40-37-34-31-24-21-18-15-12-9-6-3)63-57(60)51-48-45-42-39-36-32-26-23-20-17-14-11-8-5-2/h8-13,15-22,24-30,32,54H,4-7,14,23,31,33-53H2,1-3H3/b11-8-,12-9-,13-10-,18-15-,19-16-,20-17-,24-21-,25-22-,28-27-,30-29-,32-26-. The molecule has 0 aliphatic heterocycles. The van der Waals surface area contributed by atoms with Crippen molar-refractivity contribution in [3.05, 3.63) is 134 Å². The maximum atomic E-state index is 12.8. The molecule has 0 aromatic rings. The average Bonchev–Trinajstić information content (AvgIpc) is 3.28. The van der Waals surface area contributed by atoms with Gasteiger partial charge in [-0.3, -0.25) is 14.4 Å². The van der Waals surface area contributed by atoms with Gasteiger partial charge in [0.15, 0.2) is 6.10 Å². The first-order chi connectivity index (χ1) is 31.0. The van der Waals surface area contributed by atoms with Gasteiger partial charge in [0.1, 0.15) is 13.2 Å². The van der Waals surface area contributed by atoms with Crippen molar-refractivity contribution in [3.63, 3.8) is 0 Å². The minimum absolute atomic E-state index is 0.112. The molecule has 6 heteroatoms. The molecule has 0 radical (unpaired) electrons. The molecule has 0 rings (SSSR count). The van der Waals surface area contributed by atoms with Crippen LogP contribution in [0, 0.1) is 0 Å². The highest BCUT2D eigenvalue weighted by Gasteiger charge is 2.19. The maximum absolute atomic E-state index is 12.8. The highest BCUT2D eigenvalue weighted by molar-refractivity contribution is 5.71. The third-order valence-corrected chi connectivity index (χ3v) is 9.79. The van der Waals surface area contributed by atoms with Gasteiger partial charge in [-0.25, -0.2) is 0 Å². The highest BCUT2D eigenvalue weighted by Crippen LogP contribution is 2.12. The molecule has 63 heavy (non-hydrogen) atoms.